The number of Topliss-reactive ketones (excluding diaryl/α,β-unsaturated/α-hetero) is 1. The number of carboxylic acid groups (broad SMARTS) is 1. The van der Waals surface area contributed by atoms with Gasteiger partial charge >= 0.3 is 5.97 Å². The van der Waals surface area contributed by atoms with Crippen LogP contribution in [0.4, 0.5) is 0 Å². The largest absolute Gasteiger partial charge is 0.481 e. The molecular formula is C7H12O3S. The van der Waals surface area contributed by atoms with E-state index in [4.69, 9.17) is 5.11 Å². The fraction of sp³-hybridized carbons (Fsp3) is 0.714. The van der Waals surface area contributed by atoms with Gasteiger partial charge in [0, 0.05) is 0 Å². The molecule has 0 radical (unpaired) electrons. The standard InChI is InChI=1S/C7H12O3S/c1-2-3-11-5-6(8)4-7(9)10/h2-5H2,1H3,(H,9,10). The Morgan fingerprint density at radius 1 is 1.45 bits per heavy atom. The first kappa shape index (κ1) is 10.5. The van der Waals surface area contributed by atoms with Crippen molar-refractivity contribution in [1.82, 2.24) is 0 Å². The smallest absolute Gasteiger partial charge is 0.310 e. The van der Waals surface area contributed by atoms with Gasteiger partial charge in [-0.05, 0) is 12.2 Å². The van der Waals surface area contributed by atoms with E-state index < -0.39 is 5.97 Å². The molecule has 0 spiro atoms. The molecule has 0 saturated carbocycles. The predicted molar refractivity (Wildman–Crippen MR) is 44.9 cm³/mol. The van der Waals surface area contributed by atoms with E-state index in [0.29, 0.717) is 5.75 Å². The molecule has 0 heterocycles. The molecular weight excluding hydrogens is 164 g/mol. The highest BCUT2D eigenvalue weighted by Crippen LogP contribution is 2.02. The summed E-state index contributed by atoms with van der Waals surface area (Å²) < 4.78 is 0. The summed E-state index contributed by atoms with van der Waals surface area (Å²) in [5.74, 6) is 0.0222. The van der Waals surface area contributed by atoms with Crippen LogP contribution in [0.2, 0.25) is 0 Å². The number of hydrogen-bond acceptors (Lipinski definition) is 3. The number of carbonyl (C=O) groups excluding carboxylic acids is 1. The predicted octanol–water partition coefficient (Wildman–Crippen LogP) is 1.17. The van der Waals surface area contributed by atoms with Crippen LogP contribution in [-0.2, 0) is 9.59 Å². The molecule has 1 N–H and O–H groups in total. The second-order valence-electron chi connectivity index (χ2n) is 2.16. The lowest BCUT2D eigenvalue weighted by atomic mass is 10.3. The zero-order chi connectivity index (χ0) is 8.69. The quantitative estimate of drug-likeness (QED) is 0.487. The van der Waals surface area contributed by atoms with Crippen molar-refractivity contribution in [2.24, 2.45) is 0 Å². The number of rotatable bonds is 6. The molecule has 0 aliphatic carbocycles. The van der Waals surface area contributed by atoms with Gasteiger partial charge in [-0.15, -0.1) is 0 Å². The summed E-state index contributed by atoms with van der Waals surface area (Å²) >= 11 is 1.49. The number of carbonyl (C=O) groups is 2. The Kier molecular flexibility index (Phi) is 5.93. The van der Waals surface area contributed by atoms with E-state index in [9.17, 15) is 9.59 Å². The van der Waals surface area contributed by atoms with Gasteiger partial charge in [-0.1, -0.05) is 6.92 Å². The summed E-state index contributed by atoms with van der Waals surface area (Å²) in [5.41, 5.74) is 0. The maximum absolute atomic E-state index is 10.7. The molecule has 0 saturated heterocycles. The van der Waals surface area contributed by atoms with Crippen LogP contribution in [0, 0.1) is 0 Å². The van der Waals surface area contributed by atoms with Gasteiger partial charge in [0.15, 0.2) is 5.78 Å². The molecule has 0 atom stereocenters. The number of hydrogen-bond donors (Lipinski definition) is 1. The van der Waals surface area contributed by atoms with Crippen molar-refractivity contribution < 1.29 is 14.7 Å². The maximum atomic E-state index is 10.7. The highest BCUT2D eigenvalue weighted by Gasteiger charge is 2.06. The third kappa shape index (κ3) is 7.39. The highest BCUT2D eigenvalue weighted by molar-refractivity contribution is 7.99. The summed E-state index contributed by atoms with van der Waals surface area (Å²) in [6, 6.07) is 0. The van der Waals surface area contributed by atoms with Crippen molar-refractivity contribution >= 4 is 23.5 Å². The van der Waals surface area contributed by atoms with Crippen LogP contribution in [0.3, 0.4) is 0 Å². The first-order chi connectivity index (χ1) is 5.16. The van der Waals surface area contributed by atoms with E-state index in [-0.39, 0.29) is 12.2 Å². The Morgan fingerprint density at radius 2 is 2.09 bits per heavy atom. The molecule has 64 valence electrons. The average molecular weight is 176 g/mol. The van der Waals surface area contributed by atoms with Crippen molar-refractivity contribution in [3.63, 3.8) is 0 Å². The summed E-state index contributed by atoms with van der Waals surface area (Å²) in [5, 5.41) is 8.21. The van der Waals surface area contributed by atoms with Crippen molar-refractivity contribution in [2.75, 3.05) is 11.5 Å². The van der Waals surface area contributed by atoms with Gasteiger partial charge in [0.25, 0.3) is 0 Å². The van der Waals surface area contributed by atoms with E-state index in [1.807, 2.05) is 6.92 Å². The molecule has 11 heavy (non-hydrogen) atoms. The van der Waals surface area contributed by atoms with Gasteiger partial charge in [-0.25, -0.2) is 0 Å². The molecule has 3 nitrogen and oxygen atoms in total. The number of ketones is 1. The molecule has 0 unspecified atom stereocenters. The molecule has 0 aliphatic rings. The van der Waals surface area contributed by atoms with Gasteiger partial charge in [-0.2, -0.15) is 11.8 Å². The van der Waals surface area contributed by atoms with Crippen molar-refractivity contribution in [2.45, 2.75) is 19.8 Å². The Balaban J connectivity index is 3.30. The fourth-order valence-electron chi connectivity index (χ4n) is 0.550. The fourth-order valence-corrected chi connectivity index (χ4v) is 1.31. The minimum atomic E-state index is -1.04. The zero-order valence-corrected chi connectivity index (χ0v) is 7.32. The van der Waals surface area contributed by atoms with Gasteiger partial charge in [0.05, 0.1) is 5.75 Å². The minimum Gasteiger partial charge on any atom is -0.481 e. The first-order valence-electron chi connectivity index (χ1n) is 3.48. The van der Waals surface area contributed by atoms with E-state index >= 15 is 0 Å². The molecule has 0 rings (SSSR count). The second-order valence-corrected chi connectivity index (χ2v) is 3.27. The van der Waals surface area contributed by atoms with E-state index in [0.717, 1.165) is 12.2 Å². The number of carboxylic acids is 1. The van der Waals surface area contributed by atoms with Crippen LogP contribution < -0.4 is 0 Å². The Hall–Kier alpha value is -0.510. The van der Waals surface area contributed by atoms with E-state index in [2.05, 4.69) is 0 Å². The zero-order valence-electron chi connectivity index (χ0n) is 6.50. The lowest BCUT2D eigenvalue weighted by Gasteiger charge is -1.95. The van der Waals surface area contributed by atoms with Crippen molar-refractivity contribution in [1.29, 1.82) is 0 Å². The lowest BCUT2D eigenvalue weighted by molar-refractivity contribution is -0.139. The van der Waals surface area contributed by atoms with Crippen LogP contribution >= 0.6 is 11.8 Å². The molecule has 0 aromatic carbocycles. The van der Waals surface area contributed by atoms with Crippen LogP contribution in [0.15, 0.2) is 0 Å². The number of thioether (sulfide) groups is 1. The Bertz CT molecular complexity index is 145. The molecule has 0 fully saturated rings. The van der Waals surface area contributed by atoms with Crippen LogP contribution in [0.1, 0.15) is 19.8 Å². The topological polar surface area (TPSA) is 54.4 Å². The van der Waals surface area contributed by atoms with Gasteiger partial charge < -0.3 is 5.11 Å². The lowest BCUT2D eigenvalue weighted by Crippen LogP contribution is -2.08. The van der Waals surface area contributed by atoms with Gasteiger partial charge in [0.1, 0.15) is 6.42 Å². The summed E-state index contributed by atoms with van der Waals surface area (Å²) in [4.78, 5) is 20.7. The maximum Gasteiger partial charge on any atom is 0.310 e. The molecule has 4 heteroatoms. The van der Waals surface area contributed by atoms with Crippen LogP contribution in [0.25, 0.3) is 0 Å². The Labute approximate surface area is 70.2 Å². The van der Waals surface area contributed by atoms with Gasteiger partial charge in [0.2, 0.25) is 0 Å². The Morgan fingerprint density at radius 3 is 2.55 bits per heavy atom. The highest BCUT2D eigenvalue weighted by atomic mass is 32.2. The average Bonchev–Trinajstić information content (AvgIpc) is 1.86. The SMILES string of the molecule is CCCSCC(=O)CC(=O)O. The third-order valence-electron chi connectivity index (χ3n) is 0.960. The molecule has 0 aliphatic heterocycles. The molecule has 0 aromatic heterocycles. The minimum absolute atomic E-state index is 0.198. The molecule has 0 amide bonds. The van der Waals surface area contributed by atoms with Crippen LogP contribution in [-0.4, -0.2) is 28.4 Å². The summed E-state index contributed by atoms with van der Waals surface area (Å²) in [6.45, 7) is 2.02. The van der Waals surface area contributed by atoms with E-state index in [1.165, 1.54) is 11.8 Å². The number of aliphatic carboxylic acids is 1. The van der Waals surface area contributed by atoms with Crippen molar-refractivity contribution in [3.05, 3.63) is 0 Å². The van der Waals surface area contributed by atoms with Crippen molar-refractivity contribution in [3.8, 4) is 0 Å². The first-order valence-corrected chi connectivity index (χ1v) is 4.63. The van der Waals surface area contributed by atoms with Crippen LogP contribution in [0.5, 0.6) is 0 Å². The monoisotopic (exact) mass is 176 g/mol. The molecule has 0 aromatic rings. The normalized spacial score (nSPS) is 9.55. The van der Waals surface area contributed by atoms with Gasteiger partial charge in [-0.3, -0.25) is 9.59 Å². The second kappa shape index (κ2) is 6.22. The van der Waals surface area contributed by atoms with E-state index in [1.54, 1.807) is 0 Å². The summed E-state index contributed by atoms with van der Waals surface area (Å²) in [6.07, 6.45) is 0.682. The third-order valence-corrected chi connectivity index (χ3v) is 2.18. The summed E-state index contributed by atoms with van der Waals surface area (Å²) in [7, 11) is 0. The molecule has 0 bridgehead atoms.